The van der Waals surface area contributed by atoms with Crippen LogP contribution in [0.2, 0.25) is 0 Å². The average Bonchev–Trinajstić information content (AvgIpc) is 2.31. The molecule has 1 nitrogen and oxygen atoms in total. The third kappa shape index (κ3) is 2.21. The molecule has 1 saturated carbocycles. The number of aryl methyl sites for hydroxylation is 2. The first-order chi connectivity index (χ1) is 8.51. The fraction of sp³-hybridized carbons (Fsp3) is 0.647. The van der Waals surface area contributed by atoms with Gasteiger partial charge in [-0.25, -0.2) is 0 Å². The van der Waals surface area contributed by atoms with Crippen LogP contribution in [-0.4, -0.2) is 12.6 Å². The van der Waals surface area contributed by atoms with Crippen molar-refractivity contribution in [2.45, 2.75) is 59.4 Å². The molecule has 0 aliphatic heterocycles. The molecule has 0 saturated heterocycles. The zero-order chi connectivity index (χ0) is 13.3. The van der Waals surface area contributed by atoms with Gasteiger partial charge in [-0.1, -0.05) is 50.1 Å². The Morgan fingerprint density at radius 3 is 2.28 bits per heavy atom. The fourth-order valence-electron chi connectivity index (χ4n) is 3.64. The van der Waals surface area contributed by atoms with Crippen molar-refractivity contribution in [2.75, 3.05) is 6.54 Å². The SMILES string of the molecule is CCNC1CC(c2cc(C)cc(C)c2)C1(C)CC. The lowest BCUT2D eigenvalue weighted by atomic mass is 9.54. The molecule has 18 heavy (non-hydrogen) atoms. The Morgan fingerprint density at radius 2 is 1.78 bits per heavy atom. The maximum atomic E-state index is 3.65. The van der Waals surface area contributed by atoms with Crippen LogP contribution in [0.5, 0.6) is 0 Å². The van der Waals surface area contributed by atoms with E-state index in [0.717, 1.165) is 12.5 Å². The molecule has 1 heteroatoms. The molecule has 3 unspecified atom stereocenters. The first kappa shape index (κ1) is 13.6. The Bertz CT molecular complexity index is 403. The van der Waals surface area contributed by atoms with Crippen molar-refractivity contribution in [3.05, 3.63) is 34.9 Å². The van der Waals surface area contributed by atoms with Crippen LogP contribution in [0.15, 0.2) is 18.2 Å². The van der Waals surface area contributed by atoms with Crippen molar-refractivity contribution in [1.82, 2.24) is 5.32 Å². The Kier molecular flexibility index (Phi) is 3.82. The standard InChI is InChI=1S/C17H27N/c1-6-17(5)15(11-16(17)18-7-2)14-9-12(3)8-13(4)10-14/h8-10,15-16,18H,6-7,11H2,1-5H3. The molecule has 1 N–H and O–H groups in total. The summed E-state index contributed by atoms with van der Waals surface area (Å²) in [7, 11) is 0. The summed E-state index contributed by atoms with van der Waals surface area (Å²) < 4.78 is 0. The molecule has 100 valence electrons. The molecule has 0 radical (unpaired) electrons. The molecular formula is C17H27N. The largest absolute Gasteiger partial charge is 0.314 e. The predicted molar refractivity (Wildman–Crippen MR) is 79.1 cm³/mol. The molecule has 1 aliphatic carbocycles. The van der Waals surface area contributed by atoms with Gasteiger partial charge in [0.25, 0.3) is 0 Å². The van der Waals surface area contributed by atoms with E-state index in [1.54, 1.807) is 5.56 Å². The monoisotopic (exact) mass is 245 g/mol. The van der Waals surface area contributed by atoms with Gasteiger partial charge in [0.15, 0.2) is 0 Å². The average molecular weight is 245 g/mol. The Hall–Kier alpha value is -0.820. The minimum absolute atomic E-state index is 0.427. The summed E-state index contributed by atoms with van der Waals surface area (Å²) in [6.45, 7) is 12.5. The van der Waals surface area contributed by atoms with Gasteiger partial charge in [-0.3, -0.25) is 0 Å². The fourth-order valence-corrected chi connectivity index (χ4v) is 3.64. The lowest BCUT2D eigenvalue weighted by Gasteiger charge is -2.55. The van der Waals surface area contributed by atoms with Crippen LogP contribution in [0, 0.1) is 19.3 Å². The summed E-state index contributed by atoms with van der Waals surface area (Å²) in [5.41, 5.74) is 4.77. The van der Waals surface area contributed by atoms with Gasteiger partial charge in [-0.05, 0) is 50.1 Å². The normalized spacial score (nSPS) is 31.2. The number of benzene rings is 1. The van der Waals surface area contributed by atoms with Crippen molar-refractivity contribution in [3.8, 4) is 0 Å². The molecule has 1 aromatic rings. The second kappa shape index (κ2) is 5.05. The first-order valence-corrected chi connectivity index (χ1v) is 7.32. The van der Waals surface area contributed by atoms with Crippen molar-refractivity contribution in [2.24, 2.45) is 5.41 Å². The highest BCUT2D eigenvalue weighted by molar-refractivity contribution is 5.35. The number of nitrogens with one attached hydrogen (secondary N) is 1. The summed E-state index contributed by atoms with van der Waals surface area (Å²) in [4.78, 5) is 0. The number of hydrogen-bond acceptors (Lipinski definition) is 1. The van der Waals surface area contributed by atoms with Crippen molar-refractivity contribution in [3.63, 3.8) is 0 Å². The highest BCUT2D eigenvalue weighted by Gasteiger charge is 2.50. The smallest absolute Gasteiger partial charge is 0.0132 e. The molecule has 1 fully saturated rings. The summed E-state index contributed by atoms with van der Waals surface area (Å²) >= 11 is 0. The Morgan fingerprint density at radius 1 is 1.17 bits per heavy atom. The van der Waals surface area contributed by atoms with E-state index < -0.39 is 0 Å². The zero-order valence-corrected chi connectivity index (χ0v) is 12.5. The number of rotatable bonds is 4. The Balaban J connectivity index is 2.24. The highest BCUT2D eigenvalue weighted by Crippen LogP contribution is 2.55. The quantitative estimate of drug-likeness (QED) is 0.839. The molecule has 0 heterocycles. The third-order valence-corrected chi connectivity index (χ3v) is 4.92. The lowest BCUT2D eigenvalue weighted by molar-refractivity contribution is 0.0455. The second-order valence-electron chi connectivity index (χ2n) is 6.18. The van der Waals surface area contributed by atoms with Crippen LogP contribution < -0.4 is 5.32 Å². The van der Waals surface area contributed by atoms with E-state index in [-0.39, 0.29) is 0 Å². The molecule has 0 spiro atoms. The van der Waals surface area contributed by atoms with Crippen LogP contribution >= 0.6 is 0 Å². The lowest BCUT2D eigenvalue weighted by Crippen LogP contribution is -2.56. The molecule has 0 aromatic heterocycles. The van der Waals surface area contributed by atoms with Crippen molar-refractivity contribution < 1.29 is 0 Å². The summed E-state index contributed by atoms with van der Waals surface area (Å²) in [6.07, 6.45) is 2.55. The van der Waals surface area contributed by atoms with Gasteiger partial charge in [0.05, 0.1) is 0 Å². The maximum Gasteiger partial charge on any atom is 0.0132 e. The van der Waals surface area contributed by atoms with Crippen LogP contribution in [0.3, 0.4) is 0 Å². The van der Waals surface area contributed by atoms with Crippen LogP contribution in [0.25, 0.3) is 0 Å². The van der Waals surface area contributed by atoms with E-state index in [1.807, 2.05) is 0 Å². The predicted octanol–water partition coefficient (Wildman–Crippen LogP) is 4.19. The van der Waals surface area contributed by atoms with Gasteiger partial charge < -0.3 is 5.32 Å². The van der Waals surface area contributed by atoms with Gasteiger partial charge in [-0.15, -0.1) is 0 Å². The highest BCUT2D eigenvalue weighted by atomic mass is 15.0. The minimum Gasteiger partial charge on any atom is -0.314 e. The third-order valence-electron chi connectivity index (χ3n) is 4.92. The molecule has 0 amide bonds. The molecule has 0 bridgehead atoms. The maximum absolute atomic E-state index is 3.65. The molecular weight excluding hydrogens is 218 g/mol. The summed E-state index contributed by atoms with van der Waals surface area (Å²) in [5.74, 6) is 0.727. The van der Waals surface area contributed by atoms with Gasteiger partial charge in [0, 0.05) is 6.04 Å². The van der Waals surface area contributed by atoms with Crippen LogP contribution in [0.4, 0.5) is 0 Å². The van der Waals surface area contributed by atoms with E-state index in [9.17, 15) is 0 Å². The van der Waals surface area contributed by atoms with Crippen molar-refractivity contribution in [1.29, 1.82) is 0 Å². The molecule has 3 atom stereocenters. The van der Waals surface area contributed by atoms with Crippen LogP contribution in [-0.2, 0) is 0 Å². The molecule has 1 aliphatic rings. The summed E-state index contributed by atoms with van der Waals surface area (Å²) in [5, 5.41) is 3.65. The van der Waals surface area contributed by atoms with E-state index in [2.05, 4.69) is 58.1 Å². The molecule has 1 aromatic carbocycles. The topological polar surface area (TPSA) is 12.0 Å². The van der Waals surface area contributed by atoms with E-state index in [0.29, 0.717) is 11.5 Å². The van der Waals surface area contributed by atoms with E-state index in [1.165, 1.54) is 24.0 Å². The minimum atomic E-state index is 0.427. The summed E-state index contributed by atoms with van der Waals surface area (Å²) in [6, 6.07) is 7.73. The molecule has 2 rings (SSSR count). The zero-order valence-electron chi connectivity index (χ0n) is 12.5. The van der Waals surface area contributed by atoms with E-state index >= 15 is 0 Å². The van der Waals surface area contributed by atoms with Crippen molar-refractivity contribution >= 4 is 0 Å². The second-order valence-corrected chi connectivity index (χ2v) is 6.18. The van der Waals surface area contributed by atoms with Gasteiger partial charge in [0.2, 0.25) is 0 Å². The number of hydrogen-bond donors (Lipinski definition) is 1. The van der Waals surface area contributed by atoms with Gasteiger partial charge in [0.1, 0.15) is 0 Å². The Labute approximate surface area is 112 Å². The van der Waals surface area contributed by atoms with E-state index in [4.69, 9.17) is 0 Å². The first-order valence-electron chi connectivity index (χ1n) is 7.32. The van der Waals surface area contributed by atoms with Gasteiger partial charge >= 0.3 is 0 Å². The van der Waals surface area contributed by atoms with Crippen LogP contribution in [0.1, 0.15) is 56.2 Å². The van der Waals surface area contributed by atoms with Gasteiger partial charge in [-0.2, -0.15) is 0 Å².